The van der Waals surface area contributed by atoms with Crippen molar-refractivity contribution in [1.29, 1.82) is 0 Å². The second kappa shape index (κ2) is 3.98. The number of hydrogen-bond donors (Lipinski definition) is 0. The molecule has 0 spiro atoms. The summed E-state index contributed by atoms with van der Waals surface area (Å²) < 4.78 is 5.19. The maximum absolute atomic E-state index is 11.5. The lowest BCUT2D eigenvalue weighted by molar-refractivity contribution is -0.121. The summed E-state index contributed by atoms with van der Waals surface area (Å²) in [7, 11) is 0. The van der Waals surface area contributed by atoms with Crippen molar-refractivity contribution in [3.05, 3.63) is 0 Å². The molecule has 0 aromatic carbocycles. The highest BCUT2D eigenvalue weighted by Gasteiger charge is 2.25. The molecule has 80 valence electrons. The Balaban J connectivity index is 2.42. The fourth-order valence-electron chi connectivity index (χ4n) is 1.27. The Hall–Kier alpha value is -1.06. The molecule has 0 unspecified atom stereocenters. The average Bonchev–Trinajstić information content (AvgIpc) is 2.02. The molecule has 0 aromatic rings. The molecule has 14 heavy (non-hydrogen) atoms. The first-order chi connectivity index (χ1) is 6.38. The summed E-state index contributed by atoms with van der Waals surface area (Å²) >= 11 is 0. The van der Waals surface area contributed by atoms with Crippen molar-refractivity contribution >= 4 is 11.9 Å². The fourth-order valence-corrected chi connectivity index (χ4v) is 1.27. The van der Waals surface area contributed by atoms with Gasteiger partial charge >= 0.3 is 6.09 Å². The summed E-state index contributed by atoms with van der Waals surface area (Å²) in [6.07, 6.45) is 0.600. The summed E-state index contributed by atoms with van der Waals surface area (Å²) in [5.74, 6) is 0.227. The molecular formula is C10H17NO3. The lowest BCUT2D eigenvalue weighted by atomic mass is 10.2. The van der Waals surface area contributed by atoms with Crippen LogP contribution in [0.15, 0.2) is 0 Å². The predicted octanol–water partition coefficient (Wildman–Crippen LogP) is 1.59. The first kappa shape index (κ1) is 11.0. The number of ether oxygens (including phenoxy) is 1. The summed E-state index contributed by atoms with van der Waals surface area (Å²) in [6.45, 7) is 6.49. The molecule has 1 aliphatic rings. The Morgan fingerprint density at radius 2 is 1.86 bits per heavy atom. The minimum absolute atomic E-state index is 0.227. The molecule has 0 N–H and O–H groups in total. The lowest BCUT2D eigenvalue weighted by Crippen LogP contribution is -2.41. The van der Waals surface area contributed by atoms with Gasteiger partial charge in [-0.3, -0.25) is 4.79 Å². The van der Waals surface area contributed by atoms with E-state index >= 15 is 0 Å². The molecular weight excluding hydrogens is 186 g/mol. The number of Topliss-reactive ketones (excluding diaryl/α,β-unsaturated/α-hetero) is 1. The highest BCUT2D eigenvalue weighted by atomic mass is 16.6. The first-order valence-electron chi connectivity index (χ1n) is 4.88. The zero-order valence-corrected chi connectivity index (χ0v) is 9.00. The van der Waals surface area contributed by atoms with Crippen LogP contribution >= 0.6 is 0 Å². The van der Waals surface area contributed by atoms with E-state index in [9.17, 15) is 9.59 Å². The molecule has 0 atom stereocenters. The molecule has 1 fully saturated rings. The van der Waals surface area contributed by atoms with Crippen molar-refractivity contribution in [1.82, 2.24) is 4.90 Å². The number of ketones is 1. The number of likely N-dealkylation sites (tertiary alicyclic amines) is 1. The highest BCUT2D eigenvalue weighted by molar-refractivity contribution is 5.81. The van der Waals surface area contributed by atoms with Crippen molar-refractivity contribution in [3.8, 4) is 0 Å². The Morgan fingerprint density at radius 3 is 2.29 bits per heavy atom. The van der Waals surface area contributed by atoms with Crippen LogP contribution in [-0.4, -0.2) is 35.5 Å². The van der Waals surface area contributed by atoms with Gasteiger partial charge in [-0.05, 0) is 20.8 Å². The summed E-state index contributed by atoms with van der Waals surface area (Å²) in [5, 5.41) is 0. The van der Waals surface area contributed by atoms with E-state index in [0.717, 1.165) is 0 Å². The smallest absolute Gasteiger partial charge is 0.410 e. The molecule has 0 aromatic heterocycles. The quantitative estimate of drug-likeness (QED) is 0.600. The Bertz CT molecular complexity index is 232. The van der Waals surface area contributed by atoms with Gasteiger partial charge in [0.15, 0.2) is 0 Å². The van der Waals surface area contributed by atoms with Gasteiger partial charge in [0.05, 0.1) is 0 Å². The molecule has 1 heterocycles. The van der Waals surface area contributed by atoms with E-state index in [-0.39, 0.29) is 11.9 Å². The lowest BCUT2D eigenvalue weighted by Gasteiger charge is -2.29. The van der Waals surface area contributed by atoms with Crippen LogP contribution in [0.2, 0.25) is 0 Å². The Kier molecular flexibility index (Phi) is 3.13. The van der Waals surface area contributed by atoms with Crippen LogP contribution in [-0.2, 0) is 9.53 Å². The van der Waals surface area contributed by atoms with Gasteiger partial charge < -0.3 is 9.64 Å². The topological polar surface area (TPSA) is 46.6 Å². The molecule has 1 rings (SSSR count). The average molecular weight is 203 g/mol. The normalized spacial score (nSPS) is 18.2. The number of carbonyl (C=O) groups is 2. The third kappa shape index (κ3) is 3.36. The molecule has 0 radical (unpaired) electrons. The van der Waals surface area contributed by atoms with Gasteiger partial charge in [0.25, 0.3) is 0 Å². The van der Waals surface area contributed by atoms with Gasteiger partial charge in [-0.1, -0.05) is 0 Å². The van der Waals surface area contributed by atoms with E-state index in [1.165, 1.54) is 0 Å². The third-order valence-electron chi connectivity index (χ3n) is 1.97. The largest absolute Gasteiger partial charge is 0.444 e. The zero-order valence-electron chi connectivity index (χ0n) is 9.00. The molecule has 1 aliphatic heterocycles. The monoisotopic (exact) mass is 203 g/mol. The number of piperidine rings is 1. The molecule has 4 nitrogen and oxygen atoms in total. The van der Waals surface area contributed by atoms with E-state index < -0.39 is 5.60 Å². The van der Waals surface area contributed by atoms with Crippen LogP contribution in [0.25, 0.3) is 0 Å². The molecule has 1 saturated heterocycles. The number of rotatable bonds is 0. The number of amides is 1. The predicted molar refractivity (Wildman–Crippen MR) is 52.0 cm³/mol. The highest BCUT2D eigenvalue weighted by Crippen LogP contribution is 2.13. The van der Waals surface area contributed by atoms with Gasteiger partial charge in [0.2, 0.25) is 0 Å². The summed E-state index contributed by atoms with van der Waals surface area (Å²) in [4.78, 5) is 24.0. The molecule has 0 aliphatic carbocycles. The van der Waals surface area contributed by atoms with Gasteiger partial charge in [0, 0.05) is 25.9 Å². The number of carbonyl (C=O) groups excluding carboxylic acids is 2. The van der Waals surface area contributed by atoms with E-state index in [2.05, 4.69) is 0 Å². The van der Waals surface area contributed by atoms with Crippen LogP contribution < -0.4 is 0 Å². The standard InChI is InChI=1S/C10H17NO3/c1-10(2,3)14-9(13)11-6-4-8(12)5-7-11/h4-7H2,1-3H3/i6+2,7+2. The number of nitrogens with zero attached hydrogens (tertiary/aromatic N) is 1. The second-order valence-electron chi connectivity index (χ2n) is 4.51. The minimum atomic E-state index is -0.460. The van der Waals surface area contributed by atoms with E-state index in [1.54, 1.807) is 4.90 Å². The number of hydrogen-bond acceptors (Lipinski definition) is 3. The van der Waals surface area contributed by atoms with Crippen molar-refractivity contribution in [2.24, 2.45) is 0 Å². The van der Waals surface area contributed by atoms with Crippen molar-refractivity contribution in [2.75, 3.05) is 13.1 Å². The maximum atomic E-state index is 11.5. The first-order valence-corrected chi connectivity index (χ1v) is 4.88. The van der Waals surface area contributed by atoms with E-state index in [0.29, 0.717) is 25.9 Å². The van der Waals surface area contributed by atoms with E-state index in [1.807, 2.05) is 20.8 Å². The van der Waals surface area contributed by atoms with Crippen molar-refractivity contribution in [3.63, 3.8) is 0 Å². The molecule has 0 bridgehead atoms. The second-order valence-corrected chi connectivity index (χ2v) is 4.51. The van der Waals surface area contributed by atoms with Gasteiger partial charge in [-0.15, -0.1) is 0 Å². The summed E-state index contributed by atoms with van der Waals surface area (Å²) in [5.41, 5.74) is -0.460. The third-order valence-corrected chi connectivity index (χ3v) is 1.97. The minimum Gasteiger partial charge on any atom is -0.444 e. The maximum Gasteiger partial charge on any atom is 0.410 e. The van der Waals surface area contributed by atoms with E-state index in [4.69, 9.17) is 4.74 Å². The van der Waals surface area contributed by atoms with Crippen molar-refractivity contribution < 1.29 is 14.3 Å². The van der Waals surface area contributed by atoms with Gasteiger partial charge in [-0.25, -0.2) is 4.79 Å². The SMILES string of the molecule is CC(C)(C)OC(=O)N1[14CH2]CC(=O)C[14CH2]1. The van der Waals surface area contributed by atoms with Gasteiger partial charge in [-0.2, -0.15) is 0 Å². The zero-order chi connectivity index (χ0) is 10.8. The van der Waals surface area contributed by atoms with Gasteiger partial charge in [0.1, 0.15) is 11.4 Å². The Labute approximate surface area is 84.2 Å². The molecule has 4 heteroatoms. The summed E-state index contributed by atoms with van der Waals surface area (Å²) in [6, 6.07) is 0. The van der Waals surface area contributed by atoms with Crippen LogP contribution in [0.4, 0.5) is 4.79 Å². The van der Waals surface area contributed by atoms with Crippen LogP contribution in [0.5, 0.6) is 0 Å². The Morgan fingerprint density at radius 1 is 1.36 bits per heavy atom. The molecule has 1 amide bonds. The molecule has 0 saturated carbocycles. The van der Waals surface area contributed by atoms with Crippen LogP contribution in [0.1, 0.15) is 33.6 Å². The van der Waals surface area contributed by atoms with Crippen LogP contribution in [0.3, 0.4) is 0 Å². The van der Waals surface area contributed by atoms with Crippen LogP contribution in [0, 0.1) is 0 Å². The fraction of sp³-hybridized carbons (Fsp3) is 0.800. The van der Waals surface area contributed by atoms with Crippen molar-refractivity contribution in [2.45, 2.75) is 39.2 Å².